The molecule has 1 saturated heterocycles. The van der Waals surface area contributed by atoms with Crippen molar-refractivity contribution in [3.8, 4) is 5.75 Å². The van der Waals surface area contributed by atoms with Gasteiger partial charge >= 0.3 is 0 Å². The Kier molecular flexibility index (Phi) is 5.70. The van der Waals surface area contributed by atoms with Gasteiger partial charge in [0.05, 0.1) is 18.7 Å². The Morgan fingerprint density at radius 1 is 1.22 bits per heavy atom. The topological polar surface area (TPSA) is 58.8 Å². The zero-order valence-corrected chi connectivity index (χ0v) is 18.7. The van der Waals surface area contributed by atoms with Crippen LogP contribution in [0.15, 0.2) is 53.2 Å². The lowest BCUT2D eigenvalue weighted by Gasteiger charge is -2.28. The number of aromatic nitrogens is 1. The normalized spacial score (nSPS) is 18.6. The minimum absolute atomic E-state index is 0.0835. The standard InChI is InChI=1S/C26H29N3O3/c1-18-25(26(30)29-13-4-6-23(29)20-5-3-12-27-15-20)22-17-28(14-11-24(22)32-18)16-19-7-9-21(31-2)10-8-19/h3,5,7-10,12,15,23H,4,6,11,13-14,16-17H2,1-2H3. The Balaban J connectivity index is 1.37. The summed E-state index contributed by atoms with van der Waals surface area (Å²) < 4.78 is 11.4. The number of rotatable bonds is 5. The first kappa shape index (κ1) is 20.8. The Morgan fingerprint density at radius 2 is 2.06 bits per heavy atom. The van der Waals surface area contributed by atoms with E-state index in [2.05, 4.69) is 28.1 Å². The lowest BCUT2D eigenvalue weighted by Crippen LogP contribution is -2.34. The van der Waals surface area contributed by atoms with Crippen LogP contribution >= 0.6 is 0 Å². The van der Waals surface area contributed by atoms with Crippen LogP contribution in [-0.2, 0) is 19.5 Å². The Bertz CT molecular complexity index is 1090. The van der Waals surface area contributed by atoms with Crippen molar-refractivity contribution in [3.63, 3.8) is 0 Å². The number of hydrogen-bond donors (Lipinski definition) is 0. The highest BCUT2D eigenvalue weighted by Crippen LogP contribution is 2.36. The number of furan rings is 1. The van der Waals surface area contributed by atoms with E-state index in [0.717, 1.165) is 79.4 Å². The number of pyridine rings is 1. The number of carbonyl (C=O) groups is 1. The summed E-state index contributed by atoms with van der Waals surface area (Å²) >= 11 is 0. The molecule has 0 radical (unpaired) electrons. The van der Waals surface area contributed by atoms with E-state index in [0.29, 0.717) is 0 Å². The number of nitrogens with zero attached hydrogens (tertiary/aromatic N) is 3. The first-order valence-corrected chi connectivity index (χ1v) is 11.3. The van der Waals surface area contributed by atoms with E-state index in [1.54, 1.807) is 13.3 Å². The molecule has 32 heavy (non-hydrogen) atoms. The molecule has 2 aliphatic heterocycles. The summed E-state index contributed by atoms with van der Waals surface area (Å²) in [5, 5.41) is 0. The van der Waals surface area contributed by atoms with E-state index in [9.17, 15) is 4.79 Å². The molecule has 0 bridgehead atoms. The van der Waals surface area contributed by atoms with Gasteiger partial charge in [0.15, 0.2) is 0 Å². The molecule has 1 fully saturated rings. The molecule has 6 heteroatoms. The van der Waals surface area contributed by atoms with Crippen LogP contribution in [0, 0.1) is 6.92 Å². The maximum Gasteiger partial charge on any atom is 0.258 e. The van der Waals surface area contributed by atoms with Gasteiger partial charge in [0, 0.05) is 50.6 Å². The first-order valence-electron chi connectivity index (χ1n) is 11.3. The number of carbonyl (C=O) groups excluding carboxylic acids is 1. The molecular weight excluding hydrogens is 402 g/mol. The average Bonchev–Trinajstić information content (AvgIpc) is 3.44. The zero-order valence-electron chi connectivity index (χ0n) is 18.7. The second kappa shape index (κ2) is 8.79. The van der Waals surface area contributed by atoms with E-state index >= 15 is 0 Å². The second-order valence-corrected chi connectivity index (χ2v) is 8.69. The lowest BCUT2D eigenvalue weighted by atomic mass is 10.00. The molecule has 6 nitrogen and oxygen atoms in total. The van der Waals surface area contributed by atoms with Gasteiger partial charge in [-0.15, -0.1) is 0 Å². The molecule has 3 aromatic rings. The van der Waals surface area contributed by atoms with Gasteiger partial charge in [-0.1, -0.05) is 18.2 Å². The number of aryl methyl sites for hydroxylation is 1. The zero-order chi connectivity index (χ0) is 22.1. The number of benzene rings is 1. The summed E-state index contributed by atoms with van der Waals surface area (Å²) in [5.74, 6) is 2.66. The summed E-state index contributed by atoms with van der Waals surface area (Å²) in [4.78, 5) is 22.4. The van der Waals surface area contributed by atoms with Crippen molar-refractivity contribution in [3.05, 3.63) is 82.6 Å². The SMILES string of the molecule is COc1ccc(CN2CCc3oc(C)c(C(=O)N4CCCC4c4cccnc4)c3C2)cc1. The highest BCUT2D eigenvalue weighted by molar-refractivity contribution is 5.97. The number of hydrogen-bond acceptors (Lipinski definition) is 5. The van der Waals surface area contributed by atoms with Gasteiger partial charge in [-0.05, 0) is 49.1 Å². The Labute approximate surface area is 188 Å². The third kappa shape index (κ3) is 3.91. The van der Waals surface area contributed by atoms with Crippen molar-refractivity contribution in [1.82, 2.24) is 14.8 Å². The number of amides is 1. The van der Waals surface area contributed by atoms with Gasteiger partial charge in [-0.3, -0.25) is 14.7 Å². The van der Waals surface area contributed by atoms with Gasteiger partial charge in [0.2, 0.25) is 0 Å². The molecule has 1 unspecified atom stereocenters. The van der Waals surface area contributed by atoms with Crippen molar-refractivity contribution in [2.45, 2.75) is 45.3 Å². The minimum Gasteiger partial charge on any atom is -0.497 e. The van der Waals surface area contributed by atoms with Crippen LogP contribution in [0.5, 0.6) is 5.75 Å². The summed E-state index contributed by atoms with van der Waals surface area (Å²) in [7, 11) is 1.68. The van der Waals surface area contributed by atoms with Gasteiger partial charge < -0.3 is 14.1 Å². The Morgan fingerprint density at radius 3 is 2.81 bits per heavy atom. The third-order valence-corrected chi connectivity index (χ3v) is 6.67. The molecule has 2 aromatic heterocycles. The van der Waals surface area contributed by atoms with Crippen molar-refractivity contribution in [2.24, 2.45) is 0 Å². The molecular formula is C26H29N3O3. The van der Waals surface area contributed by atoms with Crippen LogP contribution in [0.3, 0.4) is 0 Å². The Hall–Kier alpha value is -3.12. The molecule has 2 aliphatic rings. The quantitative estimate of drug-likeness (QED) is 0.594. The summed E-state index contributed by atoms with van der Waals surface area (Å²) in [6.07, 6.45) is 6.46. The van der Waals surface area contributed by atoms with Gasteiger partial charge in [-0.2, -0.15) is 0 Å². The molecule has 1 atom stereocenters. The van der Waals surface area contributed by atoms with E-state index < -0.39 is 0 Å². The molecule has 0 spiro atoms. The molecule has 4 heterocycles. The number of ether oxygens (including phenoxy) is 1. The largest absolute Gasteiger partial charge is 0.497 e. The van der Waals surface area contributed by atoms with Gasteiger partial charge in [0.1, 0.15) is 17.3 Å². The number of likely N-dealkylation sites (tertiary alicyclic amines) is 1. The predicted octanol–water partition coefficient (Wildman–Crippen LogP) is 4.53. The maximum absolute atomic E-state index is 13.7. The summed E-state index contributed by atoms with van der Waals surface area (Å²) in [5.41, 5.74) is 4.16. The van der Waals surface area contributed by atoms with Crippen molar-refractivity contribution in [1.29, 1.82) is 0 Å². The van der Waals surface area contributed by atoms with Crippen LogP contribution in [0.1, 0.15) is 57.5 Å². The molecule has 5 rings (SSSR count). The predicted molar refractivity (Wildman–Crippen MR) is 122 cm³/mol. The van der Waals surface area contributed by atoms with Gasteiger partial charge in [0.25, 0.3) is 5.91 Å². The van der Waals surface area contributed by atoms with Crippen LogP contribution in [-0.4, -0.2) is 40.9 Å². The third-order valence-electron chi connectivity index (χ3n) is 6.67. The van der Waals surface area contributed by atoms with Crippen molar-refractivity contribution < 1.29 is 13.9 Å². The number of methoxy groups -OCH3 is 1. The minimum atomic E-state index is 0.0835. The van der Waals surface area contributed by atoms with E-state index in [1.807, 2.05) is 36.2 Å². The molecule has 0 aliphatic carbocycles. The van der Waals surface area contributed by atoms with Crippen LogP contribution in [0.2, 0.25) is 0 Å². The summed E-state index contributed by atoms with van der Waals surface area (Å²) in [6, 6.07) is 12.3. The maximum atomic E-state index is 13.7. The highest BCUT2D eigenvalue weighted by Gasteiger charge is 2.36. The fraction of sp³-hybridized carbons (Fsp3) is 0.385. The molecule has 1 aromatic carbocycles. The van der Waals surface area contributed by atoms with E-state index in [1.165, 1.54) is 5.56 Å². The van der Waals surface area contributed by atoms with Crippen LogP contribution in [0.25, 0.3) is 0 Å². The molecule has 0 saturated carbocycles. The smallest absolute Gasteiger partial charge is 0.258 e. The highest BCUT2D eigenvalue weighted by atomic mass is 16.5. The van der Waals surface area contributed by atoms with Crippen LogP contribution in [0.4, 0.5) is 0 Å². The molecule has 1 amide bonds. The van der Waals surface area contributed by atoms with Crippen molar-refractivity contribution in [2.75, 3.05) is 20.2 Å². The van der Waals surface area contributed by atoms with E-state index in [4.69, 9.17) is 9.15 Å². The lowest BCUT2D eigenvalue weighted by molar-refractivity contribution is 0.0731. The number of fused-ring (bicyclic) bond motifs is 1. The van der Waals surface area contributed by atoms with Gasteiger partial charge in [-0.25, -0.2) is 0 Å². The average molecular weight is 432 g/mol. The van der Waals surface area contributed by atoms with E-state index in [-0.39, 0.29) is 11.9 Å². The molecule has 166 valence electrons. The monoisotopic (exact) mass is 431 g/mol. The van der Waals surface area contributed by atoms with Crippen LogP contribution < -0.4 is 4.74 Å². The fourth-order valence-electron chi connectivity index (χ4n) is 5.06. The second-order valence-electron chi connectivity index (χ2n) is 8.69. The summed E-state index contributed by atoms with van der Waals surface area (Å²) in [6.45, 7) is 5.18. The first-order chi connectivity index (χ1) is 15.6. The molecule has 0 N–H and O–H groups in total. The van der Waals surface area contributed by atoms with Crippen molar-refractivity contribution >= 4 is 5.91 Å². The fourth-order valence-corrected chi connectivity index (χ4v) is 5.06.